The van der Waals surface area contributed by atoms with Crippen LogP contribution in [0.1, 0.15) is 23.8 Å². The van der Waals surface area contributed by atoms with Crippen LogP contribution in [0, 0.1) is 11.5 Å². The fourth-order valence-corrected chi connectivity index (χ4v) is 2.76. The average Bonchev–Trinajstić information content (AvgIpc) is 3.32. The average molecular weight is 407 g/mol. The number of guanidine groups is 1. The van der Waals surface area contributed by atoms with Crippen LogP contribution < -0.4 is 10.1 Å². The molecule has 3 rings (SSSR count). The second-order valence-corrected chi connectivity index (χ2v) is 6.47. The number of nitrogens with zero attached hydrogens (tertiary/aromatic N) is 4. The van der Waals surface area contributed by atoms with Gasteiger partial charge in [0, 0.05) is 25.6 Å². The van der Waals surface area contributed by atoms with Gasteiger partial charge in [-0.25, -0.2) is 5.01 Å². The third kappa shape index (κ3) is 6.58. The summed E-state index contributed by atoms with van der Waals surface area (Å²) in [5.74, 6) is 1.14. The lowest BCUT2D eigenvalue weighted by Crippen LogP contribution is -2.33. The van der Waals surface area contributed by atoms with Crippen molar-refractivity contribution in [2.24, 2.45) is 10.1 Å². The van der Waals surface area contributed by atoms with Crippen molar-refractivity contribution >= 4 is 12.2 Å². The molecule has 2 aromatic carbocycles. The van der Waals surface area contributed by atoms with E-state index >= 15 is 0 Å². The lowest BCUT2D eigenvalue weighted by Gasteiger charge is -2.14. The number of rotatable bonds is 8. The summed E-state index contributed by atoms with van der Waals surface area (Å²) in [7, 11) is 1.73. The SMILES string of the molecule is CN(N=Cc1ccccc1)C(=NCCCOc1cccc(C2OCCO2)c1)NC#N. The molecular formula is C22H25N5O3. The van der Waals surface area contributed by atoms with Crippen LogP contribution in [-0.2, 0) is 9.47 Å². The van der Waals surface area contributed by atoms with Crippen molar-refractivity contribution in [1.29, 1.82) is 5.26 Å². The van der Waals surface area contributed by atoms with E-state index in [2.05, 4.69) is 15.4 Å². The van der Waals surface area contributed by atoms with Crippen molar-refractivity contribution in [2.45, 2.75) is 12.7 Å². The Labute approximate surface area is 176 Å². The minimum absolute atomic E-state index is 0.315. The largest absolute Gasteiger partial charge is 0.494 e. The summed E-state index contributed by atoms with van der Waals surface area (Å²) in [6.45, 7) is 2.20. The molecule has 8 nitrogen and oxygen atoms in total. The van der Waals surface area contributed by atoms with Gasteiger partial charge in [-0.1, -0.05) is 42.5 Å². The van der Waals surface area contributed by atoms with E-state index in [9.17, 15) is 0 Å². The molecule has 8 heteroatoms. The molecule has 0 aliphatic carbocycles. The Hall–Kier alpha value is -3.41. The normalized spacial score (nSPS) is 14.6. The summed E-state index contributed by atoms with van der Waals surface area (Å²) >= 11 is 0. The Balaban J connectivity index is 1.47. The smallest absolute Gasteiger partial charge is 0.227 e. The highest BCUT2D eigenvalue weighted by atomic mass is 16.7. The van der Waals surface area contributed by atoms with Crippen LogP contribution in [0.5, 0.6) is 5.75 Å². The Bertz CT molecular complexity index is 889. The third-order valence-corrected chi connectivity index (χ3v) is 4.24. The van der Waals surface area contributed by atoms with Crippen LogP contribution in [0.3, 0.4) is 0 Å². The van der Waals surface area contributed by atoms with Gasteiger partial charge < -0.3 is 14.2 Å². The molecule has 30 heavy (non-hydrogen) atoms. The Morgan fingerprint density at radius 2 is 2.03 bits per heavy atom. The number of benzene rings is 2. The van der Waals surface area contributed by atoms with E-state index in [1.54, 1.807) is 13.3 Å². The predicted molar refractivity (Wildman–Crippen MR) is 114 cm³/mol. The van der Waals surface area contributed by atoms with Gasteiger partial charge in [0.05, 0.1) is 26.0 Å². The molecule has 0 aromatic heterocycles. The zero-order valence-electron chi connectivity index (χ0n) is 16.9. The monoisotopic (exact) mass is 407 g/mol. The predicted octanol–water partition coefficient (Wildman–Crippen LogP) is 2.89. The second-order valence-electron chi connectivity index (χ2n) is 6.47. The number of nitriles is 1. The van der Waals surface area contributed by atoms with E-state index in [0.717, 1.165) is 16.9 Å². The number of hydrogen-bond donors (Lipinski definition) is 1. The first kappa shape index (κ1) is 21.3. The van der Waals surface area contributed by atoms with Gasteiger partial charge in [-0.05, 0) is 17.7 Å². The molecular weight excluding hydrogens is 382 g/mol. The van der Waals surface area contributed by atoms with Crippen LogP contribution in [0.25, 0.3) is 0 Å². The highest BCUT2D eigenvalue weighted by molar-refractivity contribution is 5.84. The molecule has 0 atom stereocenters. The molecule has 0 unspecified atom stereocenters. The lowest BCUT2D eigenvalue weighted by molar-refractivity contribution is -0.0442. The van der Waals surface area contributed by atoms with Crippen molar-refractivity contribution in [3.63, 3.8) is 0 Å². The van der Waals surface area contributed by atoms with Gasteiger partial charge in [0.25, 0.3) is 0 Å². The molecule has 0 bridgehead atoms. The van der Waals surface area contributed by atoms with Gasteiger partial charge in [-0.15, -0.1) is 0 Å². The molecule has 0 amide bonds. The van der Waals surface area contributed by atoms with Gasteiger partial charge in [0.1, 0.15) is 5.75 Å². The summed E-state index contributed by atoms with van der Waals surface area (Å²) in [6.07, 6.45) is 3.98. The van der Waals surface area contributed by atoms with Gasteiger partial charge in [0.2, 0.25) is 5.96 Å². The molecule has 1 saturated heterocycles. The summed E-state index contributed by atoms with van der Waals surface area (Å²) in [5.41, 5.74) is 1.91. The second kappa shape index (κ2) is 11.6. The van der Waals surface area contributed by atoms with Gasteiger partial charge >= 0.3 is 0 Å². The van der Waals surface area contributed by atoms with E-state index in [1.807, 2.05) is 60.8 Å². The van der Waals surface area contributed by atoms with Crippen molar-refractivity contribution in [3.05, 3.63) is 65.7 Å². The minimum Gasteiger partial charge on any atom is -0.494 e. The standard InChI is InChI=1S/C22H25N5O3/c1-27(26-16-18-7-3-2-4-8-18)22(25-17-23)24-11-6-12-28-20-10-5-9-19(15-20)21-29-13-14-30-21/h2-5,7-10,15-16,21H,6,11-14H2,1H3,(H,24,25). The van der Waals surface area contributed by atoms with Gasteiger partial charge in [-0.2, -0.15) is 10.4 Å². The molecule has 2 aromatic rings. The van der Waals surface area contributed by atoms with E-state index < -0.39 is 0 Å². The van der Waals surface area contributed by atoms with Crippen LogP contribution in [0.4, 0.5) is 0 Å². The van der Waals surface area contributed by atoms with Gasteiger partial charge in [0.15, 0.2) is 12.5 Å². The fraction of sp³-hybridized carbons (Fsp3) is 0.318. The maximum absolute atomic E-state index is 8.97. The maximum Gasteiger partial charge on any atom is 0.227 e. The quantitative estimate of drug-likeness (QED) is 0.181. The number of hydrogen-bond acceptors (Lipinski definition) is 6. The molecule has 0 spiro atoms. The van der Waals surface area contributed by atoms with Crippen LogP contribution in [0.2, 0.25) is 0 Å². The van der Waals surface area contributed by atoms with Gasteiger partial charge in [-0.3, -0.25) is 10.3 Å². The molecule has 1 N–H and O–H groups in total. The molecule has 156 valence electrons. The fourth-order valence-electron chi connectivity index (χ4n) is 2.76. The summed E-state index contributed by atoms with van der Waals surface area (Å²) in [4.78, 5) is 4.41. The first-order valence-electron chi connectivity index (χ1n) is 9.74. The highest BCUT2D eigenvalue weighted by Gasteiger charge is 2.18. The van der Waals surface area contributed by atoms with E-state index in [1.165, 1.54) is 5.01 Å². The van der Waals surface area contributed by atoms with Crippen LogP contribution in [0.15, 0.2) is 64.7 Å². The highest BCUT2D eigenvalue weighted by Crippen LogP contribution is 2.26. The number of aliphatic imine (C=N–C) groups is 1. The Kier molecular flexibility index (Phi) is 8.21. The summed E-state index contributed by atoms with van der Waals surface area (Å²) in [6, 6.07) is 17.4. The first-order chi connectivity index (χ1) is 14.8. The van der Waals surface area contributed by atoms with Crippen LogP contribution in [-0.4, -0.2) is 50.6 Å². The topological polar surface area (TPSA) is 91.5 Å². The molecule has 0 saturated carbocycles. The zero-order chi connectivity index (χ0) is 21.0. The Morgan fingerprint density at radius 3 is 2.80 bits per heavy atom. The molecule has 1 heterocycles. The van der Waals surface area contributed by atoms with Crippen molar-refractivity contribution in [3.8, 4) is 11.9 Å². The molecule has 1 aliphatic rings. The van der Waals surface area contributed by atoms with Crippen molar-refractivity contribution in [1.82, 2.24) is 10.3 Å². The minimum atomic E-state index is -0.315. The van der Waals surface area contributed by atoms with Crippen LogP contribution >= 0.6 is 0 Å². The number of ether oxygens (including phenoxy) is 3. The molecule has 1 fully saturated rings. The van der Waals surface area contributed by atoms with Crippen molar-refractivity contribution < 1.29 is 14.2 Å². The van der Waals surface area contributed by atoms with E-state index in [0.29, 0.717) is 38.7 Å². The lowest BCUT2D eigenvalue weighted by atomic mass is 10.2. The molecule has 0 radical (unpaired) electrons. The van der Waals surface area contributed by atoms with E-state index in [-0.39, 0.29) is 6.29 Å². The number of hydrazone groups is 1. The first-order valence-corrected chi connectivity index (χ1v) is 9.74. The summed E-state index contributed by atoms with van der Waals surface area (Å²) in [5, 5.41) is 17.4. The molecule has 1 aliphatic heterocycles. The number of nitrogens with one attached hydrogen (secondary N) is 1. The zero-order valence-corrected chi connectivity index (χ0v) is 16.9. The van der Waals surface area contributed by atoms with E-state index in [4.69, 9.17) is 19.5 Å². The Morgan fingerprint density at radius 1 is 1.23 bits per heavy atom. The maximum atomic E-state index is 8.97. The third-order valence-electron chi connectivity index (χ3n) is 4.24. The van der Waals surface area contributed by atoms with Crippen molar-refractivity contribution in [2.75, 3.05) is 33.4 Å². The summed E-state index contributed by atoms with van der Waals surface area (Å²) < 4.78 is 16.8.